The molecule has 1 saturated heterocycles. The van der Waals surface area contributed by atoms with E-state index < -0.39 is 5.60 Å². The van der Waals surface area contributed by atoms with E-state index in [1.54, 1.807) is 59.8 Å². The van der Waals surface area contributed by atoms with Crippen molar-refractivity contribution in [3.63, 3.8) is 0 Å². The number of amides is 1. The number of piperidine rings is 1. The summed E-state index contributed by atoms with van der Waals surface area (Å²) in [6.07, 6.45) is 7.43. The van der Waals surface area contributed by atoms with Crippen molar-refractivity contribution in [2.75, 3.05) is 42.1 Å². The van der Waals surface area contributed by atoms with Crippen LogP contribution < -0.4 is 23.7 Å². The first-order chi connectivity index (χ1) is 17.9. The predicted octanol–water partition coefficient (Wildman–Crippen LogP) is 4.64. The summed E-state index contributed by atoms with van der Waals surface area (Å²) in [5.41, 5.74) is 0.778. The van der Waals surface area contributed by atoms with Crippen LogP contribution in [0.15, 0.2) is 36.4 Å². The summed E-state index contributed by atoms with van der Waals surface area (Å²) in [5.74, 6) is 2.63. The van der Waals surface area contributed by atoms with E-state index in [0.29, 0.717) is 41.7 Å². The second-order valence-corrected chi connectivity index (χ2v) is 9.58. The molecule has 200 valence electrons. The van der Waals surface area contributed by atoms with Crippen LogP contribution >= 0.6 is 0 Å². The van der Waals surface area contributed by atoms with Crippen LogP contribution in [-0.2, 0) is 4.79 Å². The molecule has 1 aliphatic heterocycles. The van der Waals surface area contributed by atoms with Crippen LogP contribution in [0.1, 0.15) is 49.3 Å². The van der Waals surface area contributed by atoms with E-state index in [2.05, 4.69) is 0 Å². The lowest BCUT2D eigenvalue weighted by Gasteiger charge is -2.52. The van der Waals surface area contributed by atoms with Crippen molar-refractivity contribution in [2.24, 2.45) is 5.92 Å². The zero-order valence-corrected chi connectivity index (χ0v) is 22.3. The quantitative estimate of drug-likeness (QED) is 0.517. The molecule has 1 saturated carbocycles. The van der Waals surface area contributed by atoms with Gasteiger partial charge in [-0.3, -0.25) is 4.79 Å². The SMILES string of the molecule is COc1ccc(OC)c([C@H]2[C@@H]3CCCC[C@@]3(O)CCN2C(=O)/C=C/c2cc(OC)c(OC)c(OC)c2)c1. The molecule has 1 amide bonds. The molecule has 2 aliphatic rings. The number of likely N-dealkylation sites (tertiary alicyclic amines) is 1. The fraction of sp³-hybridized carbons (Fsp3) is 0.483. The Kier molecular flexibility index (Phi) is 8.17. The number of fused-ring (bicyclic) bond motifs is 1. The van der Waals surface area contributed by atoms with Crippen LogP contribution in [-0.4, -0.2) is 63.6 Å². The predicted molar refractivity (Wildman–Crippen MR) is 141 cm³/mol. The van der Waals surface area contributed by atoms with Crippen molar-refractivity contribution >= 4 is 12.0 Å². The normalized spacial score (nSPS) is 23.4. The number of carbonyl (C=O) groups is 1. The van der Waals surface area contributed by atoms with Gasteiger partial charge in [0.15, 0.2) is 11.5 Å². The van der Waals surface area contributed by atoms with Gasteiger partial charge in [0.05, 0.1) is 47.2 Å². The van der Waals surface area contributed by atoms with Crippen molar-refractivity contribution in [3.05, 3.63) is 47.5 Å². The number of hydrogen-bond acceptors (Lipinski definition) is 7. The molecule has 4 rings (SSSR count). The maximum atomic E-state index is 13.7. The number of nitrogens with zero attached hydrogens (tertiary/aromatic N) is 1. The third kappa shape index (κ3) is 5.21. The highest BCUT2D eigenvalue weighted by molar-refractivity contribution is 5.92. The third-order valence-corrected chi connectivity index (χ3v) is 7.71. The molecule has 0 spiro atoms. The second-order valence-electron chi connectivity index (χ2n) is 9.58. The molecule has 2 aromatic carbocycles. The largest absolute Gasteiger partial charge is 0.497 e. The molecule has 1 aliphatic carbocycles. The number of hydrogen-bond donors (Lipinski definition) is 1. The van der Waals surface area contributed by atoms with E-state index in [0.717, 1.165) is 36.8 Å². The molecule has 3 atom stereocenters. The zero-order chi connectivity index (χ0) is 26.6. The van der Waals surface area contributed by atoms with Crippen LogP contribution in [0.4, 0.5) is 0 Å². The Balaban J connectivity index is 1.72. The summed E-state index contributed by atoms with van der Waals surface area (Å²) in [7, 11) is 7.90. The molecule has 2 fully saturated rings. The highest BCUT2D eigenvalue weighted by Gasteiger charge is 2.50. The number of benzene rings is 2. The summed E-state index contributed by atoms with van der Waals surface area (Å²) < 4.78 is 27.5. The van der Waals surface area contributed by atoms with Crippen LogP contribution in [0.25, 0.3) is 6.08 Å². The number of rotatable bonds is 8. The first-order valence-corrected chi connectivity index (χ1v) is 12.6. The minimum Gasteiger partial charge on any atom is -0.497 e. The van der Waals surface area contributed by atoms with Gasteiger partial charge in [0.2, 0.25) is 11.7 Å². The van der Waals surface area contributed by atoms with Crippen LogP contribution in [0.3, 0.4) is 0 Å². The molecule has 0 unspecified atom stereocenters. The van der Waals surface area contributed by atoms with Gasteiger partial charge in [-0.15, -0.1) is 0 Å². The van der Waals surface area contributed by atoms with Crippen molar-refractivity contribution in [1.29, 1.82) is 0 Å². The van der Waals surface area contributed by atoms with Gasteiger partial charge in [-0.05, 0) is 61.2 Å². The maximum absolute atomic E-state index is 13.7. The third-order valence-electron chi connectivity index (χ3n) is 7.71. The second kappa shape index (κ2) is 11.3. The summed E-state index contributed by atoms with van der Waals surface area (Å²) in [6, 6.07) is 8.87. The Hall–Kier alpha value is -3.39. The van der Waals surface area contributed by atoms with E-state index in [4.69, 9.17) is 23.7 Å². The molecule has 37 heavy (non-hydrogen) atoms. The van der Waals surface area contributed by atoms with Gasteiger partial charge in [-0.2, -0.15) is 0 Å². The number of ether oxygens (including phenoxy) is 5. The van der Waals surface area contributed by atoms with E-state index in [-0.39, 0.29) is 17.9 Å². The highest BCUT2D eigenvalue weighted by atomic mass is 16.5. The van der Waals surface area contributed by atoms with Gasteiger partial charge in [0.1, 0.15) is 11.5 Å². The van der Waals surface area contributed by atoms with Gasteiger partial charge >= 0.3 is 0 Å². The molecule has 8 nitrogen and oxygen atoms in total. The van der Waals surface area contributed by atoms with Crippen LogP contribution in [0.2, 0.25) is 0 Å². The maximum Gasteiger partial charge on any atom is 0.247 e. The van der Waals surface area contributed by atoms with E-state index >= 15 is 0 Å². The van der Waals surface area contributed by atoms with E-state index in [1.165, 1.54) is 0 Å². The Morgan fingerprint density at radius 1 is 0.919 bits per heavy atom. The minimum atomic E-state index is -0.811. The summed E-state index contributed by atoms with van der Waals surface area (Å²) in [4.78, 5) is 15.6. The Morgan fingerprint density at radius 2 is 1.62 bits per heavy atom. The molecule has 1 N–H and O–H groups in total. The lowest BCUT2D eigenvalue weighted by molar-refractivity contribution is -0.151. The van der Waals surface area contributed by atoms with Gasteiger partial charge in [0, 0.05) is 24.1 Å². The first-order valence-electron chi connectivity index (χ1n) is 12.6. The van der Waals surface area contributed by atoms with Gasteiger partial charge in [-0.25, -0.2) is 0 Å². The summed E-state index contributed by atoms with van der Waals surface area (Å²) in [6.45, 7) is 0.441. The highest BCUT2D eigenvalue weighted by Crippen LogP contribution is 2.51. The van der Waals surface area contributed by atoms with E-state index in [9.17, 15) is 9.90 Å². The average molecular weight is 512 g/mol. The van der Waals surface area contributed by atoms with Gasteiger partial charge < -0.3 is 33.7 Å². The molecule has 0 radical (unpaired) electrons. The van der Waals surface area contributed by atoms with E-state index in [1.807, 2.05) is 23.1 Å². The summed E-state index contributed by atoms with van der Waals surface area (Å²) in [5, 5.41) is 11.6. The van der Waals surface area contributed by atoms with Gasteiger partial charge in [-0.1, -0.05) is 12.8 Å². The number of methoxy groups -OCH3 is 5. The minimum absolute atomic E-state index is 0.102. The molecular formula is C29H37NO7. The lowest BCUT2D eigenvalue weighted by Crippen LogP contribution is -2.56. The van der Waals surface area contributed by atoms with Crippen LogP contribution in [0.5, 0.6) is 28.7 Å². The van der Waals surface area contributed by atoms with Crippen molar-refractivity contribution in [2.45, 2.75) is 43.7 Å². The number of aliphatic hydroxyl groups is 1. The average Bonchev–Trinajstić information content (AvgIpc) is 2.93. The van der Waals surface area contributed by atoms with Crippen molar-refractivity contribution in [3.8, 4) is 28.7 Å². The Labute approximate surface area is 218 Å². The Bertz CT molecular complexity index is 1120. The fourth-order valence-electron chi connectivity index (χ4n) is 5.85. The molecule has 1 heterocycles. The fourth-order valence-corrected chi connectivity index (χ4v) is 5.85. The lowest BCUT2D eigenvalue weighted by atomic mass is 9.66. The first kappa shape index (κ1) is 26.7. The Morgan fingerprint density at radius 3 is 2.24 bits per heavy atom. The number of carbonyl (C=O) groups excluding carboxylic acids is 1. The zero-order valence-electron chi connectivity index (χ0n) is 22.3. The molecular weight excluding hydrogens is 474 g/mol. The standard InChI is InChI=1S/C29H37NO7/c1-33-20-10-11-23(34-2)21(18-20)27-22-8-6-7-13-29(22,32)14-15-30(27)26(31)12-9-19-16-24(35-3)28(37-5)25(17-19)36-4/h9-12,16-18,22,27,32H,6-8,13-15H2,1-5H3/b12-9+/t22-,27-,29+/m0/s1. The molecule has 8 heteroatoms. The smallest absolute Gasteiger partial charge is 0.247 e. The van der Waals surface area contributed by atoms with Crippen molar-refractivity contribution < 1.29 is 33.6 Å². The van der Waals surface area contributed by atoms with Gasteiger partial charge in [0.25, 0.3) is 0 Å². The van der Waals surface area contributed by atoms with Crippen LogP contribution in [0, 0.1) is 5.92 Å². The molecule has 2 aromatic rings. The van der Waals surface area contributed by atoms with Crippen molar-refractivity contribution in [1.82, 2.24) is 4.90 Å². The summed E-state index contributed by atoms with van der Waals surface area (Å²) >= 11 is 0. The topological polar surface area (TPSA) is 86.7 Å². The molecule has 0 aromatic heterocycles. The monoisotopic (exact) mass is 511 g/mol. The molecule has 0 bridgehead atoms.